The van der Waals surface area contributed by atoms with E-state index < -0.39 is 6.10 Å². The molecule has 3 N–H and O–H groups in total. The van der Waals surface area contributed by atoms with Crippen molar-refractivity contribution in [1.82, 2.24) is 5.32 Å². The number of aliphatic hydroxyl groups is 1. The Kier molecular flexibility index (Phi) is 6.24. The van der Waals surface area contributed by atoms with Crippen molar-refractivity contribution in [3.63, 3.8) is 0 Å². The van der Waals surface area contributed by atoms with Crippen LogP contribution in [0.3, 0.4) is 0 Å². The van der Waals surface area contributed by atoms with E-state index in [4.69, 9.17) is 4.74 Å². The molecule has 0 aliphatic rings. The van der Waals surface area contributed by atoms with E-state index in [2.05, 4.69) is 10.6 Å². The first kappa shape index (κ1) is 13.6. The minimum absolute atomic E-state index is 0.138. The van der Waals surface area contributed by atoms with Crippen LogP contribution in [-0.2, 0) is 9.53 Å². The number of aliphatic hydroxyl groups excluding tert-OH is 1. The fourth-order valence-corrected chi connectivity index (χ4v) is 1.33. The summed E-state index contributed by atoms with van der Waals surface area (Å²) in [5.41, 5.74) is 0.761. The van der Waals surface area contributed by atoms with Gasteiger partial charge in [-0.1, -0.05) is 18.2 Å². The van der Waals surface area contributed by atoms with E-state index in [-0.39, 0.29) is 19.1 Å². The molecule has 0 aliphatic carbocycles. The number of para-hydroxylation sites is 1. The number of hydrogen-bond acceptors (Lipinski definition) is 4. The molecule has 0 spiro atoms. The molecule has 0 saturated heterocycles. The van der Waals surface area contributed by atoms with E-state index in [1.54, 1.807) is 0 Å². The second-order valence-electron chi connectivity index (χ2n) is 3.65. The number of carbonyl (C=O) groups excluding carboxylic acids is 1. The molecule has 1 amide bonds. The van der Waals surface area contributed by atoms with Gasteiger partial charge in [-0.15, -0.1) is 0 Å². The molecule has 0 aromatic heterocycles. The average Bonchev–Trinajstić information content (AvgIpc) is 2.30. The van der Waals surface area contributed by atoms with Gasteiger partial charge in [-0.3, -0.25) is 4.79 Å². The summed E-state index contributed by atoms with van der Waals surface area (Å²) in [5.74, 6) is -0.138. The molecule has 0 radical (unpaired) electrons. The fraction of sp³-hybridized carbons (Fsp3) is 0.417. The summed E-state index contributed by atoms with van der Waals surface area (Å²) in [6, 6.07) is 9.22. The van der Waals surface area contributed by atoms with Gasteiger partial charge in [-0.2, -0.15) is 0 Å². The minimum Gasteiger partial charge on any atom is -0.389 e. The molecule has 1 aromatic carbocycles. The van der Waals surface area contributed by atoms with Crippen LogP contribution in [0.15, 0.2) is 30.3 Å². The third kappa shape index (κ3) is 6.01. The van der Waals surface area contributed by atoms with Gasteiger partial charge in [-0.05, 0) is 12.1 Å². The summed E-state index contributed by atoms with van der Waals surface area (Å²) < 4.78 is 4.77. The molecule has 1 rings (SSSR count). The Balaban J connectivity index is 2.18. The highest BCUT2D eigenvalue weighted by molar-refractivity contribution is 5.92. The van der Waals surface area contributed by atoms with Crippen LogP contribution in [-0.4, -0.2) is 43.9 Å². The predicted octanol–water partition coefficient (Wildman–Crippen LogP) is 0.222. The summed E-state index contributed by atoms with van der Waals surface area (Å²) in [5, 5.41) is 14.9. The van der Waals surface area contributed by atoms with Crippen molar-refractivity contribution in [2.45, 2.75) is 6.10 Å². The Hall–Kier alpha value is -1.43. The molecule has 94 valence electrons. The Bertz CT molecular complexity index is 330. The maximum atomic E-state index is 11.5. The van der Waals surface area contributed by atoms with Crippen LogP contribution < -0.4 is 10.6 Å². The molecule has 1 aromatic rings. The zero-order valence-electron chi connectivity index (χ0n) is 9.85. The van der Waals surface area contributed by atoms with Crippen LogP contribution in [0.4, 0.5) is 5.69 Å². The topological polar surface area (TPSA) is 70.6 Å². The number of methoxy groups -OCH3 is 1. The molecule has 17 heavy (non-hydrogen) atoms. The molecular formula is C12H18N2O3. The second-order valence-corrected chi connectivity index (χ2v) is 3.65. The third-order valence-corrected chi connectivity index (χ3v) is 2.08. The van der Waals surface area contributed by atoms with Crippen molar-refractivity contribution in [2.75, 3.05) is 32.1 Å². The van der Waals surface area contributed by atoms with E-state index >= 15 is 0 Å². The normalized spacial score (nSPS) is 12.1. The number of amides is 1. The van der Waals surface area contributed by atoms with E-state index in [1.807, 2.05) is 30.3 Å². The van der Waals surface area contributed by atoms with Crippen LogP contribution in [0.5, 0.6) is 0 Å². The van der Waals surface area contributed by atoms with Crippen LogP contribution in [0.25, 0.3) is 0 Å². The van der Waals surface area contributed by atoms with E-state index in [0.29, 0.717) is 6.54 Å². The van der Waals surface area contributed by atoms with Gasteiger partial charge in [-0.25, -0.2) is 0 Å². The smallest absolute Gasteiger partial charge is 0.238 e. The maximum absolute atomic E-state index is 11.5. The highest BCUT2D eigenvalue weighted by Crippen LogP contribution is 2.03. The second kappa shape index (κ2) is 7.78. The number of benzene rings is 1. The van der Waals surface area contributed by atoms with Gasteiger partial charge in [0.05, 0.1) is 19.3 Å². The van der Waals surface area contributed by atoms with Crippen LogP contribution in [0.2, 0.25) is 0 Å². The molecule has 0 heterocycles. The van der Waals surface area contributed by atoms with E-state index in [0.717, 1.165) is 5.69 Å². The quantitative estimate of drug-likeness (QED) is 0.635. The molecule has 0 saturated carbocycles. The largest absolute Gasteiger partial charge is 0.389 e. The summed E-state index contributed by atoms with van der Waals surface area (Å²) in [6.07, 6.45) is -0.593. The van der Waals surface area contributed by atoms with Gasteiger partial charge in [0.1, 0.15) is 0 Å². The van der Waals surface area contributed by atoms with Gasteiger partial charge < -0.3 is 20.5 Å². The number of ether oxygens (including phenoxy) is 1. The first-order chi connectivity index (χ1) is 8.22. The van der Waals surface area contributed by atoms with Gasteiger partial charge >= 0.3 is 0 Å². The Morgan fingerprint density at radius 2 is 2.12 bits per heavy atom. The molecule has 1 atom stereocenters. The SMILES string of the molecule is COCC(O)CNCC(=O)Nc1ccccc1. The Morgan fingerprint density at radius 1 is 1.41 bits per heavy atom. The number of anilines is 1. The molecule has 1 unspecified atom stereocenters. The van der Waals surface area contributed by atoms with Crippen LogP contribution in [0.1, 0.15) is 0 Å². The van der Waals surface area contributed by atoms with Crippen molar-refractivity contribution in [3.8, 4) is 0 Å². The highest BCUT2D eigenvalue weighted by Gasteiger charge is 2.05. The summed E-state index contributed by atoms with van der Waals surface area (Å²) >= 11 is 0. The van der Waals surface area contributed by atoms with Crippen molar-refractivity contribution in [1.29, 1.82) is 0 Å². The van der Waals surface area contributed by atoms with Gasteiger partial charge in [0.2, 0.25) is 5.91 Å². The standard InChI is InChI=1S/C12H18N2O3/c1-17-9-11(15)7-13-8-12(16)14-10-5-3-2-4-6-10/h2-6,11,13,15H,7-9H2,1H3,(H,14,16). The molecule has 0 fully saturated rings. The van der Waals surface area contributed by atoms with Crippen LogP contribution >= 0.6 is 0 Å². The molecule has 0 aliphatic heterocycles. The monoisotopic (exact) mass is 238 g/mol. The summed E-state index contributed by atoms with van der Waals surface area (Å²) in [7, 11) is 1.52. The van der Waals surface area contributed by atoms with Crippen molar-refractivity contribution in [2.24, 2.45) is 0 Å². The van der Waals surface area contributed by atoms with Crippen molar-refractivity contribution in [3.05, 3.63) is 30.3 Å². The maximum Gasteiger partial charge on any atom is 0.238 e. The first-order valence-electron chi connectivity index (χ1n) is 5.45. The van der Waals surface area contributed by atoms with Gasteiger partial charge in [0.15, 0.2) is 0 Å². The number of hydrogen-bond donors (Lipinski definition) is 3. The van der Waals surface area contributed by atoms with Crippen LogP contribution in [0, 0.1) is 0 Å². The Morgan fingerprint density at radius 3 is 2.76 bits per heavy atom. The number of carbonyl (C=O) groups is 1. The lowest BCUT2D eigenvalue weighted by Gasteiger charge is -2.10. The lowest BCUT2D eigenvalue weighted by molar-refractivity contribution is -0.115. The highest BCUT2D eigenvalue weighted by atomic mass is 16.5. The molecule has 5 heteroatoms. The predicted molar refractivity (Wildman–Crippen MR) is 65.8 cm³/mol. The number of nitrogens with one attached hydrogen (secondary N) is 2. The van der Waals surface area contributed by atoms with E-state index in [1.165, 1.54) is 7.11 Å². The zero-order chi connectivity index (χ0) is 12.5. The minimum atomic E-state index is -0.593. The molecular weight excluding hydrogens is 220 g/mol. The average molecular weight is 238 g/mol. The summed E-state index contributed by atoms with van der Waals surface area (Å²) in [4.78, 5) is 11.5. The lowest BCUT2D eigenvalue weighted by atomic mass is 10.3. The van der Waals surface area contributed by atoms with Gasteiger partial charge in [0.25, 0.3) is 0 Å². The molecule has 0 bridgehead atoms. The Labute approximate surface area is 101 Å². The van der Waals surface area contributed by atoms with Gasteiger partial charge in [0, 0.05) is 19.3 Å². The zero-order valence-corrected chi connectivity index (χ0v) is 9.85. The third-order valence-electron chi connectivity index (χ3n) is 2.08. The lowest BCUT2D eigenvalue weighted by Crippen LogP contribution is -2.35. The number of rotatable bonds is 7. The summed E-state index contributed by atoms with van der Waals surface area (Å²) in [6.45, 7) is 0.749. The van der Waals surface area contributed by atoms with Crippen molar-refractivity contribution >= 4 is 11.6 Å². The molecule has 5 nitrogen and oxygen atoms in total. The van der Waals surface area contributed by atoms with E-state index in [9.17, 15) is 9.90 Å². The fourth-order valence-electron chi connectivity index (χ4n) is 1.33. The van der Waals surface area contributed by atoms with Crippen molar-refractivity contribution < 1.29 is 14.6 Å². The first-order valence-corrected chi connectivity index (χ1v) is 5.45.